The first-order valence-corrected chi connectivity index (χ1v) is 9.23. The van der Waals surface area contributed by atoms with Crippen LogP contribution in [0.2, 0.25) is 0 Å². The molecule has 0 radical (unpaired) electrons. The van der Waals surface area contributed by atoms with E-state index in [1.807, 2.05) is 4.90 Å². The second-order valence-electron chi connectivity index (χ2n) is 7.46. The topological polar surface area (TPSA) is 77.9 Å². The number of benzene rings is 1. The summed E-state index contributed by atoms with van der Waals surface area (Å²) in [7, 11) is 0. The Hall–Kier alpha value is -2.21. The minimum atomic E-state index is -0.0112. The summed E-state index contributed by atoms with van der Waals surface area (Å²) in [5.41, 5.74) is 1.28. The van der Waals surface area contributed by atoms with Gasteiger partial charge in [0, 0.05) is 43.7 Å². The van der Waals surface area contributed by atoms with Gasteiger partial charge in [0.05, 0.1) is 6.61 Å². The summed E-state index contributed by atoms with van der Waals surface area (Å²) in [6.07, 6.45) is 3.14. The van der Waals surface area contributed by atoms with Crippen LogP contribution in [0.4, 0.5) is 0 Å². The van der Waals surface area contributed by atoms with Gasteiger partial charge in [0.25, 0.3) is 5.91 Å². The van der Waals surface area contributed by atoms with Gasteiger partial charge >= 0.3 is 0 Å². The van der Waals surface area contributed by atoms with Crippen molar-refractivity contribution in [2.75, 3.05) is 32.8 Å². The standard InChI is InChI=1S/C20H26N2O4/c1-15(24)16-2-4-17(5-3-16)19(26)21-10-8-20(9-11-21)7-6-18(25)22(14-20)12-13-23/h2-5,23H,6-14H2,1H3. The van der Waals surface area contributed by atoms with Crippen molar-refractivity contribution in [2.24, 2.45) is 5.41 Å². The number of hydrogen-bond donors (Lipinski definition) is 1. The average molecular weight is 358 g/mol. The lowest BCUT2D eigenvalue weighted by molar-refractivity contribution is -0.139. The SMILES string of the molecule is CC(=O)c1ccc(C(=O)N2CCC3(CCC(=O)N(CCO)C3)CC2)cc1. The first kappa shape index (κ1) is 18.6. The zero-order chi connectivity index (χ0) is 18.7. The first-order valence-electron chi connectivity index (χ1n) is 9.23. The fourth-order valence-electron chi connectivity index (χ4n) is 4.05. The summed E-state index contributed by atoms with van der Waals surface area (Å²) < 4.78 is 0. The number of rotatable bonds is 4. The van der Waals surface area contributed by atoms with E-state index in [4.69, 9.17) is 5.11 Å². The second-order valence-corrected chi connectivity index (χ2v) is 7.46. The summed E-state index contributed by atoms with van der Waals surface area (Å²) in [6, 6.07) is 6.82. The van der Waals surface area contributed by atoms with E-state index in [0.717, 1.165) is 19.3 Å². The van der Waals surface area contributed by atoms with Gasteiger partial charge in [-0.15, -0.1) is 0 Å². The predicted molar refractivity (Wildman–Crippen MR) is 96.9 cm³/mol. The number of aliphatic hydroxyl groups excluding tert-OH is 1. The Kier molecular flexibility index (Phi) is 5.41. The molecule has 1 aromatic rings. The molecule has 0 aromatic heterocycles. The molecule has 1 N–H and O–H groups in total. The molecule has 2 saturated heterocycles. The summed E-state index contributed by atoms with van der Waals surface area (Å²) in [4.78, 5) is 39.7. The smallest absolute Gasteiger partial charge is 0.253 e. The number of nitrogens with zero attached hydrogens (tertiary/aromatic N) is 2. The van der Waals surface area contributed by atoms with Gasteiger partial charge in [-0.05, 0) is 43.7 Å². The monoisotopic (exact) mass is 358 g/mol. The number of carbonyl (C=O) groups excluding carboxylic acids is 3. The Labute approximate surface area is 153 Å². The Morgan fingerprint density at radius 2 is 1.69 bits per heavy atom. The molecule has 2 heterocycles. The lowest BCUT2D eigenvalue weighted by Crippen LogP contribution is -2.52. The van der Waals surface area contributed by atoms with Crippen LogP contribution in [0.1, 0.15) is 53.3 Å². The minimum absolute atomic E-state index is 0.00551. The second kappa shape index (κ2) is 7.58. The average Bonchev–Trinajstić information content (AvgIpc) is 2.65. The summed E-state index contributed by atoms with van der Waals surface area (Å²) in [5, 5.41) is 9.15. The fourth-order valence-corrected chi connectivity index (χ4v) is 4.05. The maximum Gasteiger partial charge on any atom is 0.253 e. The van der Waals surface area contributed by atoms with Crippen LogP contribution >= 0.6 is 0 Å². The Balaban J connectivity index is 1.61. The van der Waals surface area contributed by atoms with Crippen LogP contribution < -0.4 is 0 Å². The van der Waals surface area contributed by atoms with Crippen LogP contribution in [0.15, 0.2) is 24.3 Å². The highest BCUT2D eigenvalue weighted by Gasteiger charge is 2.41. The number of amides is 2. The molecule has 0 aliphatic carbocycles. The van der Waals surface area contributed by atoms with Crippen LogP contribution in [-0.2, 0) is 4.79 Å². The largest absolute Gasteiger partial charge is 0.395 e. The lowest BCUT2D eigenvalue weighted by Gasteiger charge is -2.47. The van der Waals surface area contributed by atoms with E-state index >= 15 is 0 Å². The number of piperidine rings is 2. The van der Waals surface area contributed by atoms with Gasteiger partial charge in [0.2, 0.25) is 5.91 Å². The van der Waals surface area contributed by atoms with Crippen molar-refractivity contribution in [1.29, 1.82) is 0 Å². The molecule has 0 atom stereocenters. The molecule has 3 rings (SSSR count). The van der Waals surface area contributed by atoms with Crippen molar-refractivity contribution in [3.05, 3.63) is 35.4 Å². The van der Waals surface area contributed by atoms with E-state index in [9.17, 15) is 14.4 Å². The molecule has 6 nitrogen and oxygen atoms in total. The minimum Gasteiger partial charge on any atom is -0.395 e. The summed E-state index contributed by atoms with van der Waals surface area (Å²) in [6.45, 7) is 3.93. The Morgan fingerprint density at radius 1 is 1.08 bits per heavy atom. The van der Waals surface area contributed by atoms with Gasteiger partial charge in [0.15, 0.2) is 5.78 Å². The third kappa shape index (κ3) is 3.80. The van der Waals surface area contributed by atoms with Crippen LogP contribution in [0.25, 0.3) is 0 Å². The van der Waals surface area contributed by atoms with Crippen LogP contribution in [0.5, 0.6) is 0 Å². The first-order chi connectivity index (χ1) is 12.4. The number of β-amino-alcohol motifs (C(OH)–C–C–N with tert-alkyl or cyclic N) is 1. The van der Waals surface area contributed by atoms with Crippen LogP contribution in [0, 0.1) is 5.41 Å². The van der Waals surface area contributed by atoms with Crippen molar-refractivity contribution in [1.82, 2.24) is 9.80 Å². The number of ketones is 1. The third-order valence-electron chi connectivity index (χ3n) is 5.77. The Bertz CT molecular complexity index is 690. The highest BCUT2D eigenvalue weighted by atomic mass is 16.3. The molecule has 2 fully saturated rings. The molecule has 1 spiro atoms. The molecule has 1 aromatic carbocycles. The van der Waals surface area contributed by atoms with E-state index in [2.05, 4.69) is 0 Å². The van der Waals surface area contributed by atoms with Crippen LogP contribution in [0.3, 0.4) is 0 Å². The van der Waals surface area contributed by atoms with E-state index in [1.54, 1.807) is 29.2 Å². The van der Waals surface area contributed by atoms with Crippen LogP contribution in [-0.4, -0.2) is 65.3 Å². The molecular weight excluding hydrogens is 332 g/mol. The number of aliphatic hydroxyl groups is 1. The molecular formula is C20H26N2O4. The van der Waals surface area contributed by atoms with Gasteiger partial charge in [-0.25, -0.2) is 0 Å². The molecule has 2 aliphatic rings. The zero-order valence-corrected chi connectivity index (χ0v) is 15.2. The third-order valence-corrected chi connectivity index (χ3v) is 5.77. The van der Waals surface area contributed by atoms with E-state index in [1.165, 1.54) is 6.92 Å². The van der Waals surface area contributed by atoms with E-state index < -0.39 is 0 Å². The summed E-state index contributed by atoms with van der Waals surface area (Å²) >= 11 is 0. The normalized spacial score (nSPS) is 19.7. The predicted octanol–water partition coefficient (Wildman–Crippen LogP) is 1.73. The van der Waals surface area contributed by atoms with Crippen molar-refractivity contribution >= 4 is 17.6 Å². The van der Waals surface area contributed by atoms with Crippen molar-refractivity contribution in [3.63, 3.8) is 0 Å². The van der Waals surface area contributed by atoms with E-state index in [-0.39, 0.29) is 29.6 Å². The summed E-state index contributed by atoms with van der Waals surface area (Å²) in [5.74, 6) is 0.103. The maximum atomic E-state index is 12.7. The van der Waals surface area contributed by atoms with Gasteiger partial charge in [-0.3, -0.25) is 14.4 Å². The maximum absolute atomic E-state index is 12.7. The number of likely N-dealkylation sites (tertiary alicyclic amines) is 2. The molecule has 0 unspecified atom stereocenters. The molecule has 6 heteroatoms. The molecule has 2 amide bonds. The number of Topliss-reactive ketones (excluding diaryl/α,β-unsaturated/α-hetero) is 1. The Morgan fingerprint density at radius 3 is 2.27 bits per heavy atom. The molecule has 2 aliphatic heterocycles. The molecule has 0 bridgehead atoms. The number of carbonyl (C=O) groups is 3. The van der Waals surface area contributed by atoms with Gasteiger partial charge in [-0.2, -0.15) is 0 Å². The molecule has 0 saturated carbocycles. The zero-order valence-electron chi connectivity index (χ0n) is 15.2. The van der Waals surface area contributed by atoms with Gasteiger partial charge in [0.1, 0.15) is 0 Å². The van der Waals surface area contributed by atoms with Crippen molar-refractivity contribution in [2.45, 2.75) is 32.6 Å². The molecule has 26 heavy (non-hydrogen) atoms. The lowest BCUT2D eigenvalue weighted by atomic mass is 9.72. The fraction of sp³-hybridized carbons (Fsp3) is 0.550. The highest BCUT2D eigenvalue weighted by molar-refractivity contribution is 5.97. The highest BCUT2D eigenvalue weighted by Crippen LogP contribution is 2.40. The quantitative estimate of drug-likeness (QED) is 0.832. The molecule has 140 valence electrons. The number of hydrogen-bond acceptors (Lipinski definition) is 4. The van der Waals surface area contributed by atoms with Gasteiger partial charge < -0.3 is 14.9 Å². The van der Waals surface area contributed by atoms with E-state index in [0.29, 0.717) is 43.7 Å². The van der Waals surface area contributed by atoms with Crippen molar-refractivity contribution in [3.8, 4) is 0 Å². The van der Waals surface area contributed by atoms with Crippen molar-refractivity contribution < 1.29 is 19.5 Å². The van der Waals surface area contributed by atoms with Gasteiger partial charge in [-0.1, -0.05) is 12.1 Å².